The largest absolute Gasteiger partial charge is 0.396 e. The van der Waals surface area contributed by atoms with Gasteiger partial charge in [-0.3, -0.25) is 20.4 Å². The Labute approximate surface area is 118 Å². The van der Waals surface area contributed by atoms with Gasteiger partial charge in [0.2, 0.25) is 5.91 Å². The lowest BCUT2D eigenvalue weighted by atomic mass is 9.73. The van der Waals surface area contributed by atoms with Crippen molar-refractivity contribution in [3.05, 3.63) is 35.4 Å². The molecular weight excluding hydrogens is 256 g/mol. The second-order valence-electron chi connectivity index (χ2n) is 5.30. The van der Waals surface area contributed by atoms with Crippen LogP contribution >= 0.6 is 0 Å². The van der Waals surface area contributed by atoms with Crippen LogP contribution in [0.1, 0.15) is 35.2 Å². The van der Waals surface area contributed by atoms with Crippen LogP contribution in [0.4, 0.5) is 0 Å². The predicted octanol–water partition coefficient (Wildman–Crippen LogP) is 1.16. The summed E-state index contributed by atoms with van der Waals surface area (Å²) in [5.74, 6) is -0.0738. The SMILES string of the molecule is Cc1ccccc1C(=O)NNC(=O)C1CC(CCO)C1. The van der Waals surface area contributed by atoms with Gasteiger partial charge in [-0.25, -0.2) is 0 Å². The van der Waals surface area contributed by atoms with Crippen LogP contribution in [-0.2, 0) is 4.79 Å². The molecule has 108 valence electrons. The van der Waals surface area contributed by atoms with Crippen LogP contribution in [0.3, 0.4) is 0 Å². The molecule has 0 saturated heterocycles. The molecule has 0 atom stereocenters. The fourth-order valence-electron chi connectivity index (χ4n) is 2.48. The minimum absolute atomic E-state index is 0.0521. The van der Waals surface area contributed by atoms with E-state index in [2.05, 4.69) is 10.9 Å². The van der Waals surface area contributed by atoms with Crippen LogP contribution in [0.5, 0.6) is 0 Å². The molecule has 1 aliphatic carbocycles. The van der Waals surface area contributed by atoms with Gasteiger partial charge >= 0.3 is 0 Å². The van der Waals surface area contributed by atoms with Crippen LogP contribution in [0, 0.1) is 18.8 Å². The van der Waals surface area contributed by atoms with Crippen molar-refractivity contribution in [2.45, 2.75) is 26.2 Å². The number of nitrogens with one attached hydrogen (secondary N) is 2. The number of hydrogen-bond donors (Lipinski definition) is 3. The molecule has 5 heteroatoms. The second kappa shape index (κ2) is 6.52. The zero-order chi connectivity index (χ0) is 14.5. The quantitative estimate of drug-likeness (QED) is 0.722. The molecule has 0 radical (unpaired) electrons. The monoisotopic (exact) mass is 276 g/mol. The van der Waals surface area contributed by atoms with Gasteiger partial charge in [0, 0.05) is 18.1 Å². The number of aliphatic hydroxyl groups excluding tert-OH is 1. The van der Waals surface area contributed by atoms with E-state index in [9.17, 15) is 9.59 Å². The predicted molar refractivity (Wildman–Crippen MR) is 74.7 cm³/mol. The van der Waals surface area contributed by atoms with Crippen LogP contribution in [0.25, 0.3) is 0 Å². The van der Waals surface area contributed by atoms with Gasteiger partial charge in [0.1, 0.15) is 0 Å². The Hall–Kier alpha value is -1.88. The van der Waals surface area contributed by atoms with Gasteiger partial charge in [0.25, 0.3) is 5.91 Å². The zero-order valence-corrected chi connectivity index (χ0v) is 11.6. The summed E-state index contributed by atoms with van der Waals surface area (Å²) in [7, 11) is 0. The number of hydrazine groups is 1. The molecule has 0 spiro atoms. The first-order valence-corrected chi connectivity index (χ1v) is 6.88. The Kier molecular flexibility index (Phi) is 4.74. The summed E-state index contributed by atoms with van der Waals surface area (Å²) >= 11 is 0. The lowest BCUT2D eigenvalue weighted by Gasteiger charge is -2.33. The average Bonchev–Trinajstić information content (AvgIpc) is 2.40. The molecule has 0 aliphatic heterocycles. The molecule has 20 heavy (non-hydrogen) atoms. The van der Waals surface area contributed by atoms with E-state index in [0.717, 1.165) is 24.8 Å². The maximum atomic E-state index is 11.9. The zero-order valence-electron chi connectivity index (χ0n) is 11.6. The van der Waals surface area contributed by atoms with Crippen molar-refractivity contribution < 1.29 is 14.7 Å². The number of benzene rings is 1. The van der Waals surface area contributed by atoms with Crippen molar-refractivity contribution in [2.24, 2.45) is 11.8 Å². The van der Waals surface area contributed by atoms with Crippen LogP contribution in [0.2, 0.25) is 0 Å². The molecule has 3 N–H and O–H groups in total. The molecule has 2 rings (SSSR count). The van der Waals surface area contributed by atoms with Crippen molar-refractivity contribution >= 4 is 11.8 Å². The number of carbonyl (C=O) groups excluding carboxylic acids is 2. The van der Waals surface area contributed by atoms with Gasteiger partial charge in [-0.1, -0.05) is 18.2 Å². The van der Waals surface area contributed by atoms with E-state index in [4.69, 9.17) is 5.11 Å². The summed E-state index contributed by atoms with van der Waals surface area (Å²) in [4.78, 5) is 23.7. The molecule has 0 aromatic heterocycles. The van der Waals surface area contributed by atoms with Crippen molar-refractivity contribution in [1.29, 1.82) is 0 Å². The molecule has 0 heterocycles. The van der Waals surface area contributed by atoms with Crippen LogP contribution in [0.15, 0.2) is 24.3 Å². The fraction of sp³-hybridized carbons (Fsp3) is 0.467. The van der Waals surface area contributed by atoms with E-state index >= 15 is 0 Å². The molecule has 0 unspecified atom stereocenters. The van der Waals surface area contributed by atoms with Crippen molar-refractivity contribution in [2.75, 3.05) is 6.61 Å². The summed E-state index contributed by atoms with van der Waals surface area (Å²) in [6.45, 7) is 2.02. The van der Waals surface area contributed by atoms with Crippen molar-refractivity contribution in [3.8, 4) is 0 Å². The molecule has 1 aromatic rings. The lowest BCUT2D eigenvalue weighted by Crippen LogP contribution is -2.47. The Morgan fingerprint density at radius 2 is 1.95 bits per heavy atom. The van der Waals surface area contributed by atoms with E-state index in [0.29, 0.717) is 11.5 Å². The number of carbonyl (C=O) groups is 2. The van der Waals surface area contributed by atoms with Gasteiger partial charge in [-0.05, 0) is 43.7 Å². The Balaban J connectivity index is 1.77. The summed E-state index contributed by atoms with van der Waals surface area (Å²) in [6.07, 6.45) is 2.32. The number of rotatable bonds is 4. The summed E-state index contributed by atoms with van der Waals surface area (Å²) in [5.41, 5.74) is 6.34. The Morgan fingerprint density at radius 1 is 1.25 bits per heavy atom. The fourth-order valence-corrected chi connectivity index (χ4v) is 2.48. The van der Waals surface area contributed by atoms with E-state index in [1.54, 1.807) is 12.1 Å². The molecule has 1 fully saturated rings. The summed E-state index contributed by atoms with van der Waals surface area (Å²) in [6, 6.07) is 7.22. The normalized spacial score (nSPS) is 20.9. The molecule has 1 saturated carbocycles. The highest BCUT2D eigenvalue weighted by atomic mass is 16.3. The van der Waals surface area contributed by atoms with Gasteiger partial charge < -0.3 is 5.11 Å². The third-order valence-corrected chi connectivity index (χ3v) is 3.83. The maximum Gasteiger partial charge on any atom is 0.269 e. The molecule has 1 aromatic carbocycles. The third kappa shape index (κ3) is 3.36. The average molecular weight is 276 g/mol. The minimum Gasteiger partial charge on any atom is -0.396 e. The van der Waals surface area contributed by atoms with Gasteiger partial charge in [-0.2, -0.15) is 0 Å². The summed E-state index contributed by atoms with van der Waals surface area (Å²) in [5, 5.41) is 8.80. The van der Waals surface area contributed by atoms with E-state index in [-0.39, 0.29) is 24.3 Å². The number of aryl methyl sites for hydroxylation is 1. The minimum atomic E-state index is -0.303. The van der Waals surface area contributed by atoms with E-state index in [1.807, 2.05) is 19.1 Å². The first-order chi connectivity index (χ1) is 9.61. The lowest BCUT2D eigenvalue weighted by molar-refractivity contribution is -0.130. The topological polar surface area (TPSA) is 78.4 Å². The molecule has 5 nitrogen and oxygen atoms in total. The Morgan fingerprint density at radius 3 is 2.60 bits per heavy atom. The number of aliphatic hydroxyl groups is 1. The van der Waals surface area contributed by atoms with E-state index < -0.39 is 0 Å². The van der Waals surface area contributed by atoms with E-state index in [1.165, 1.54) is 0 Å². The summed E-state index contributed by atoms with van der Waals surface area (Å²) < 4.78 is 0. The second-order valence-corrected chi connectivity index (χ2v) is 5.30. The molecular formula is C15H20N2O3. The van der Waals surface area contributed by atoms with Crippen molar-refractivity contribution in [3.63, 3.8) is 0 Å². The Bertz CT molecular complexity index is 496. The standard InChI is InChI=1S/C15H20N2O3/c1-10-4-2-3-5-13(10)15(20)17-16-14(19)12-8-11(9-12)6-7-18/h2-5,11-12,18H,6-9H2,1H3,(H,16,19)(H,17,20). The van der Waals surface area contributed by atoms with Gasteiger partial charge in [0.05, 0.1) is 0 Å². The highest BCUT2D eigenvalue weighted by Crippen LogP contribution is 2.35. The first kappa shape index (κ1) is 14.5. The van der Waals surface area contributed by atoms with Gasteiger partial charge in [0.15, 0.2) is 0 Å². The first-order valence-electron chi connectivity index (χ1n) is 6.88. The number of amides is 2. The third-order valence-electron chi connectivity index (χ3n) is 3.83. The molecule has 2 amide bonds. The van der Waals surface area contributed by atoms with Crippen LogP contribution in [-0.4, -0.2) is 23.5 Å². The van der Waals surface area contributed by atoms with Crippen LogP contribution < -0.4 is 10.9 Å². The maximum absolute atomic E-state index is 11.9. The highest BCUT2D eigenvalue weighted by molar-refractivity contribution is 5.96. The molecule has 1 aliphatic rings. The number of hydrogen-bond acceptors (Lipinski definition) is 3. The highest BCUT2D eigenvalue weighted by Gasteiger charge is 2.34. The molecule has 0 bridgehead atoms. The van der Waals surface area contributed by atoms with Crippen molar-refractivity contribution in [1.82, 2.24) is 10.9 Å². The van der Waals surface area contributed by atoms with Gasteiger partial charge in [-0.15, -0.1) is 0 Å². The smallest absolute Gasteiger partial charge is 0.269 e.